The predicted molar refractivity (Wildman–Crippen MR) is 90.9 cm³/mol. The molecule has 0 saturated heterocycles. The highest BCUT2D eigenvalue weighted by atomic mass is 79.9. The third kappa shape index (κ3) is 3.98. The van der Waals surface area contributed by atoms with Crippen molar-refractivity contribution in [1.82, 2.24) is 15.1 Å². The Labute approximate surface area is 154 Å². The van der Waals surface area contributed by atoms with Crippen LogP contribution in [0.2, 0.25) is 0 Å². The summed E-state index contributed by atoms with van der Waals surface area (Å²) in [6, 6.07) is 9.28. The van der Waals surface area contributed by atoms with Gasteiger partial charge in [-0.3, -0.25) is 4.79 Å². The molecular weight excluding hydrogens is 415 g/mol. The summed E-state index contributed by atoms with van der Waals surface area (Å²) in [6.07, 6.45) is -3.23. The molecule has 2 aromatic heterocycles. The van der Waals surface area contributed by atoms with Gasteiger partial charge in [0, 0.05) is 18.3 Å². The largest absolute Gasteiger partial charge is 0.444 e. The molecule has 5 nitrogen and oxygen atoms in total. The number of aromatic nitrogens is 2. The Kier molecular flexibility index (Phi) is 4.90. The summed E-state index contributed by atoms with van der Waals surface area (Å²) in [4.78, 5) is 12.1. The highest BCUT2D eigenvalue weighted by molar-refractivity contribution is 9.10. The summed E-state index contributed by atoms with van der Waals surface area (Å²) in [6.45, 7) is 2.01. The van der Waals surface area contributed by atoms with Gasteiger partial charge in [-0.1, -0.05) is 12.1 Å². The minimum Gasteiger partial charge on any atom is -0.444 e. The Balaban J connectivity index is 1.65. The van der Waals surface area contributed by atoms with E-state index in [0.717, 1.165) is 16.3 Å². The standard InChI is InChI=1S/C17H13BrF3N3O2/c1-10-8-14(18)26-15(10)16(25)22-9-11-2-4-12(5-3-11)24-7-6-13(23-24)17(19,20)21/h2-8H,9H2,1H3,(H,22,25). The van der Waals surface area contributed by atoms with Crippen molar-refractivity contribution in [3.05, 3.63) is 69.8 Å². The summed E-state index contributed by atoms with van der Waals surface area (Å²) < 4.78 is 44.7. The highest BCUT2D eigenvalue weighted by Crippen LogP contribution is 2.27. The van der Waals surface area contributed by atoms with Gasteiger partial charge >= 0.3 is 6.18 Å². The molecule has 0 fully saturated rings. The normalized spacial score (nSPS) is 11.6. The lowest BCUT2D eigenvalue weighted by molar-refractivity contribution is -0.141. The summed E-state index contributed by atoms with van der Waals surface area (Å²) in [5, 5.41) is 6.24. The van der Waals surface area contributed by atoms with Crippen molar-refractivity contribution in [3.63, 3.8) is 0 Å². The molecule has 0 bridgehead atoms. The van der Waals surface area contributed by atoms with E-state index < -0.39 is 11.9 Å². The monoisotopic (exact) mass is 427 g/mol. The molecule has 0 aliphatic heterocycles. The van der Waals surface area contributed by atoms with Gasteiger partial charge in [-0.2, -0.15) is 18.3 Å². The molecule has 0 saturated carbocycles. The second kappa shape index (κ2) is 6.99. The third-order valence-corrected chi connectivity index (χ3v) is 4.02. The number of amides is 1. The number of hydrogen-bond donors (Lipinski definition) is 1. The maximum atomic E-state index is 12.6. The van der Waals surface area contributed by atoms with E-state index in [0.29, 0.717) is 15.9 Å². The fourth-order valence-corrected chi connectivity index (χ4v) is 2.82. The fourth-order valence-electron chi connectivity index (χ4n) is 2.32. The molecule has 0 radical (unpaired) electrons. The first-order chi connectivity index (χ1) is 12.2. The summed E-state index contributed by atoms with van der Waals surface area (Å²) >= 11 is 3.17. The Bertz CT molecular complexity index is 930. The molecule has 2 heterocycles. The van der Waals surface area contributed by atoms with Gasteiger partial charge in [0.05, 0.1) is 5.69 Å². The van der Waals surface area contributed by atoms with Crippen LogP contribution in [0.25, 0.3) is 5.69 Å². The van der Waals surface area contributed by atoms with Crippen LogP contribution in [0.3, 0.4) is 0 Å². The van der Waals surface area contributed by atoms with Gasteiger partial charge in [0.2, 0.25) is 0 Å². The van der Waals surface area contributed by atoms with Crippen LogP contribution in [0, 0.1) is 6.92 Å². The van der Waals surface area contributed by atoms with Gasteiger partial charge in [-0.15, -0.1) is 0 Å². The van der Waals surface area contributed by atoms with Gasteiger partial charge in [0.25, 0.3) is 5.91 Å². The van der Waals surface area contributed by atoms with Gasteiger partial charge in [0.1, 0.15) is 0 Å². The number of halogens is 4. The Morgan fingerprint density at radius 3 is 2.50 bits per heavy atom. The van der Waals surface area contributed by atoms with Gasteiger partial charge in [-0.05, 0) is 52.7 Å². The second-order valence-electron chi connectivity index (χ2n) is 5.56. The topological polar surface area (TPSA) is 60.1 Å². The van der Waals surface area contributed by atoms with Crippen molar-refractivity contribution in [1.29, 1.82) is 0 Å². The zero-order valence-electron chi connectivity index (χ0n) is 13.5. The van der Waals surface area contributed by atoms with Crippen molar-refractivity contribution >= 4 is 21.8 Å². The van der Waals surface area contributed by atoms with Gasteiger partial charge in [-0.25, -0.2) is 4.68 Å². The van der Waals surface area contributed by atoms with Crippen molar-refractivity contribution in [3.8, 4) is 5.69 Å². The third-order valence-electron chi connectivity index (χ3n) is 3.63. The molecule has 0 aliphatic carbocycles. The van der Waals surface area contributed by atoms with E-state index in [2.05, 4.69) is 26.3 Å². The number of nitrogens with one attached hydrogen (secondary N) is 1. The Hall–Kier alpha value is -2.55. The van der Waals surface area contributed by atoms with Crippen molar-refractivity contribution in [2.45, 2.75) is 19.6 Å². The fraction of sp³-hybridized carbons (Fsp3) is 0.176. The molecule has 3 rings (SSSR count). The van der Waals surface area contributed by atoms with Crippen LogP contribution in [0.1, 0.15) is 27.4 Å². The smallest absolute Gasteiger partial charge is 0.435 e. The number of nitrogens with zero attached hydrogens (tertiary/aromatic N) is 2. The van der Waals surface area contributed by atoms with Crippen LogP contribution in [0.5, 0.6) is 0 Å². The number of alkyl halides is 3. The van der Waals surface area contributed by atoms with E-state index in [-0.39, 0.29) is 18.2 Å². The summed E-state index contributed by atoms with van der Waals surface area (Å²) in [7, 11) is 0. The van der Waals surface area contributed by atoms with Crippen molar-refractivity contribution in [2.24, 2.45) is 0 Å². The first kappa shape index (κ1) is 18.2. The zero-order chi connectivity index (χ0) is 18.9. The minimum absolute atomic E-state index is 0.227. The molecule has 0 aliphatic rings. The molecule has 136 valence electrons. The van der Waals surface area contributed by atoms with E-state index in [1.165, 1.54) is 6.20 Å². The van der Waals surface area contributed by atoms with Gasteiger partial charge < -0.3 is 9.73 Å². The molecule has 9 heteroatoms. The van der Waals surface area contributed by atoms with E-state index >= 15 is 0 Å². The van der Waals surface area contributed by atoms with E-state index in [1.807, 2.05) is 0 Å². The highest BCUT2D eigenvalue weighted by Gasteiger charge is 2.33. The molecule has 1 aromatic carbocycles. The zero-order valence-corrected chi connectivity index (χ0v) is 15.1. The first-order valence-electron chi connectivity index (χ1n) is 7.50. The van der Waals surface area contributed by atoms with E-state index in [1.54, 1.807) is 37.3 Å². The Morgan fingerprint density at radius 2 is 1.96 bits per heavy atom. The number of carbonyl (C=O) groups is 1. The molecule has 0 atom stereocenters. The van der Waals surface area contributed by atoms with Crippen LogP contribution in [0.4, 0.5) is 13.2 Å². The van der Waals surface area contributed by atoms with Gasteiger partial charge in [0.15, 0.2) is 16.1 Å². The lowest BCUT2D eigenvalue weighted by Gasteiger charge is -2.06. The number of carbonyl (C=O) groups excluding carboxylic acids is 1. The molecule has 1 N–H and O–H groups in total. The van der Waals surface area contributed by atoms with Crippen molar-refractivity contribution in [2.75, 3.05) is 0 Å². The van der Waals surface area contributed by atoms with E-state index in [9.17, 15) is 18.0 Å². The average molecular weight is 428 g/mol. The molecule has 3 aromatic rings. The quantitative estimate of drug-likeness (QED) is 0.667. The maximum Gasteiger partial charge on any atom is 0.435 e. The lowest BCUT2D eigenvalue weighted by atomic mass is 10.2. The van der Waals surface area contributed by atoms with Crippen LogP contribution in [-0.4, -0.2) is 15.7 Å². The number of aryl methyl sites for hydroxylation is 1. The predicted octanol–water partition coefficient (Wildman–Crippen LogP) is 4.49. The molecule has 0 unspecified atom stereocenters. The molecule has 26 heavy (non-hydrogen) atoms. The number of rotatable bonds is 4. The minimum atomic E-state index is -4.48. The summed E-state index contributed by atoms with van der Waals surface area (Å²) in [5.41, 5.74) is 1.03. The SMILES string of the molecule is Cc1cc(Br)oc1C(=O)NCc1ccc(-n2ccc(C(F)(F)F)n2)cc1. The van der Waals surface area contributed by atoms with Crippen LogP contribution in [0.15, 0.2) is 51.7 Å². The van der Waals surface area contributed by atoms with Crippen LogP contribution < -0.4 is 5.32 Å². The van der Waals surface area contributed by atoms with E-state index in [4.69, 9.17) is 4.42 Å². The number of hydrogen-bond acceptors (Lipinski definition) is 3. The second-order valence-corrected chi connectivity index (χ2v) is 6.34. The molecule has 1 amide bonds. The number of furan rings is 1. The average Bonchev–Trinajstić information content (AvgIpc) is 3.19. The summed E-state index contributed by atoms with van der Waals surface area (Å²) in [5.74, 6) is -0.121. The van der Waals surface area contributed by atoms with Crippen LogP contribution in [-0.2, 0) is 12.7 Å². The number of benzene rings is 1. The van der Waals surface area contributed by atoms with Crippen molar-refractivity contribution < 1.29 is 22.4 Å². The lowest BCUT2D eigenvalue weighted by Crippen LogP contribution is -2.22. The first-order valence-corrected chi connectivity index (χ1v) is 8.29. The van der Waals surface area contributed by atoms with Crippen LogP contribution >= 0.6 is 15.9 Å². The molecular formula is C17H13BrF3N3O2. The maximum absolute atomic E-state index is 12.6. The molecule has 0 spiro atoms. The Morgan fingerprint density at radius 1 is 1.27 bits per heavy atom.